The topological polar surface area (TPSA) is 51.2 Å². The number of hydrogen-bond donors (Lipinski definition) is 1. The van der Waals surface area contributed by atoms with E-state index >= 15 is 0 Å². The summed E-state index contributed by atoms with van der Waals surface area (Å²) in [7, 11) is 0. The highest BCUT2D eigenvalue weighted by molar-refractivity contribution is 5.92. The van der Waals surface area contributed by atoms with Gasteiger partial charge in [0.1, 0.15) is 11.6 Å². The van der Waals surface area contributed by atoms with Gasteiger partial charge in [-0.3, -0.25) is 9.78 Å². The van der Waals surface area contributed by atoms with E-state index in [4.69, 9.17) is 4.74 Å². The number of carbonyl (C=O) groups excluding carboxylic acids is 1. The number of ether oxygens (including phenoxy) is 1. The zero-order valence-corrected chi connectivity index (χ0v) is 18.1. The van der Waals surface area contributed by atoms with Gasteiger partial charge in [-0.25, -0.2) is 4.39 Å². The minimum absolute atomic E-state index is 0.0563. The van der Waals surface area contributed by atoms with E-state index in [0.717, 1.165) is 48.0 Å². The van der Waals surface area contributed by atoms with Crippen LogP contribution in [0.4, 0.5) is 10.1 Å². The third-order valence-corrected chi connectivity index (χ3v) is 6.50. The fraction of sp³-hybridized carbons (Fsp3) is 0.385. The lowest BCUT2D eigenvalue weighted by Gasteiger charge is -2.32. The van der Waals surface area contributed by atoms with E-state index in [1.54, 1.807) is 12.1 Å². The van der Waals surface area contributed by atoms with Crippen molar-refractivity contribution in [2.75, 3.05) is 11.9 Å². The molecule has 4 rings (SSSR count). The molecule has 2 aromatic carbocycles. The van der Waals surface area contributed by atoms with Crippen molar-refractivity contribution in [2.45, 2.75) is 45.4 Å². The summed E-state index contributed by atoms with van der Waals surface area (Å²) in [6.45, 7) is 4.59. The molecule has 1 aliphatic carbocycles. The number of halogens is 1. The van der Waals surface area contributed by atoms with Crippen LogP contribution in [0.25, 0.3) is 10.9 Å². The Morgan fingerprint density at radius 1 is 1.13 bits per heavy atom. The van der Waals surface area contributed by atoms with Gasteiger partial charge < -0.3 is 10.1 Å². The zero-order valence-electron chi connectivity index (χ0n) is 18.1. The molecule has 1 N–H and O–H groups in total. The van der Waals surface area contributed by atoms with E-state index in [1.165, 1.54) is 11.6 Å². The summed E-state index contributed by atoms with van der Waals surface area (Å²) >= 11 is 0. The minimum atomic E-state index is -0.227. The molecule has 5 heteroatoms. The Kier molecular flexibility index (Phi) is 6.50. The van der Waals surface area contributed by atoms with Crippen molar-refractivity contribution >= 4 is 22.5 Å². The van der Waals surface area contributed by atoms with Crippen LogP contribution in [-0.2, 0) is 4.79 Å². The van der Waals surface area contributed by atoms with Crippen LogP contribution >= 0.6 is 0 Å². The molecule has 0 aliphatic heterocycles. The van der Waals surface area contributed by atoms with Crippen LogP contribution in [-0.4, -0.2) is 17.5 Å². The molecule has 1 fully saturated rings. The van der Waals surface area contributed by atoms with Gasteiger partial charge in [0.05, 0.1) is 12.1 Å². The van der Waals surface area contributed by atoms with Crippen LogP contribution in [0, 0.1) is 17.7 Å². The molecule has 3 aromatic rings. The summed E-state index contributed by atoms with van der Waals surface area (Å²) in [5.41, 5.74) is 2.80. The van der Waals surface area contributed by atoms with Crippen molar-refractivity contribution in [1.82, 2.24) is 4.98 Å². The van der Waals surface area contributed by atoms with Gasteiger partial charge >= 0.3 is 0 Å². The maximum Gasteiger partial charge on any atom is 0.227 e. The Labute approximate surface area is 182 Å². The molecule has 1 atom stereocenters. The SMILES string of the molecule is CCOc1ccc(NC(=O)C(C)C2CCC(c3ccnc4ccc(F)cc34)CC2)cc1. The van der Waals surface area contributed by atoms with Gasteiger partial charge in [-0.1, -0.05) is 6.92 Å². The maximum atomic E-state index is 13.8. The number of hydrogen-bond acceptors (Lipinski definition) is 3. The van der Waals surface area contributed by atoms with Crippen LogP contribution in [0.3, 0.4) is 0 Å². The second-order valence-corrected chi connectivity index (χ2v) is 8.41. The first-order chi connectivity index (χ1) is 15.0. The molecule has 1 aliphatic rings. The van der Waals surface area contributed by atoms with Gasteiger partial charge in [0.25, 0.3) is 0 Å². The number of amides is 1. The third-order valence-electron chi connectivity index (χ3n) is 6.50. The van der Waals surface area contributed by atoms with Gasteiger partial charge in [-0.15, -0.1) is 0 Å². The molecule has 1 aromatic heterocycles. The fourth-order valence-electron chi connectivity index (χ4n) is 4.70. The quantitative estimate of drug-likeness (QED) is 0.508. The van der Waals surface area contributed by atoms with Crippen molar-refractivity contribution in [3.63, 3.8) is 0 Å². The molecule has 1 heterocycles. The third kappa shape index (κ3) is 4.87. The highest BCUT2D eigenvalue weighted by Gasteiger charge is 2.30. The molecule has 0 bridgehead atoms. The standard InChI is InChI=1S/C26H29FN2O2/c1-3-31-22-11-9-21(10-12-22)29-26(30)17(2)18-4-6-19(7-5-18)23-14-15-28-25-13-8-20(27)16-24(23)25/h8-19H,3-7H2,1-2H3,(H,29,30). The zero-order chi connectivity index (χ0) is 21.8. The van der Waals surface area contributed by atoms with Crippen LogP contribution in [0.2, 0.25) is 0 Å². The Morgan fingerprint density at radius 3 is 2.58 bits per heavy atom. The Hall–Kier alpha value is -2.95. The molecule has 1 amide bonds. The van der Waals surface area contributed by atoms with E-state index in [1.807, 2.05) is 50.4 Å². The van der Waals surface area contributed by atoms with E-state index in [9.17, 15) is 9.18 Å². The average molecular weight is 421 g/mol. The first kappa shape index (κ1) is 21.3. The Balaban J connectivity index is 1.37. The lowest BCUT2D eigenvalue weighted by atomic mass is 9.73. The highest BCUT2D eigenvalue weighted by atomic mass is 19.1. The first-order valence-electron chi connectivity index (χ1n) is 11.1. The van der Waals surface area contributed by atoms with Gasteiger partial charge in [0.15, 0.2) is 0 Å². The number of aromatic nitrogens is 1. The molecular formula is C26H29FN2O2. The number of benzene rings is 2. The van der Waals surface area contributed by atoms with Crippen LogP contribution < -0.4 is 10.1 Å². The molecule has 0 radical (unpaired) electrons. The van der Waals surface area contributed by atoms with E-state index in [2.05, 4.69) is 10.3 Å². The second kappa shape index (κ2) is 9.46. The second-order valence-electron chi connectivity index (χ2n) is 8.41. The summed E-state index contributed by atoms with van der Waals surface area (Å²) in [6, 6.07) is 14.3. The Bertz CT molecular complexity index is 1040. The largest absolute Gasteiger partial charge is 0.494 e. The summed E-state index contributed by atoms with van der Waals surface area (Å²) in [4.78, 5) is 17.2. The maximum absolute atomic E-state index is 13.8. The van der Waals surface area contributed by atoms with Gasteiger partial charge in [0, 0.05) is 23.2 Å². The van der Waals surface area contributed by atoms with Crippen molar-refractivity contribution in [2.24, 2.45) is 11.8 Å². The summed E-state index contributed by atoms with van der Waals surface area (Å²) in [6.07, 6.45) is 5.79. The molecule has 162 valence electrons. The van der Waals surface area contributed by atoms with Gasteiger partial charge in [0.2, 0.25) is 5.91 Å². The molecule has 1 saturated carbocycles. The van der Waals surface area contributed by atoms with Crippen molar-refractivity contribution in [3.8, 4) is 5.75 Å². The summed E-state index contributed by atoms with van der Waals surface area (Å²) in [5.74, 6) is 1.31. The van der Waals surface area contributed by atoms with Gasteiger partial charge in [-0.05, 0) is 98.5 Å². The van der Waals surface area contributed by atoms with Crippen LogP contribution in [0.1, 0.15) is 51.0 Å². The monoisotopic (exact) mass is 420 g/mol. The summed E-state index contributed by atoms with van der Waals surface area (Å²) < 4.78 is 19.3. The molecule has 0 spiro atoms. The lowest BCUT2D eigenvalue weighted by Crippen LogP contribution is -2.29. The van der Waals surface area contributed by atoms with Crippen molar-refractivity contribution < 1.29 is 13.9 Å². The van der Waals surface area contributed by atoms with Crippen LogP contribution in [0.15, 0.2) is 54.7 Å². The highest BCUT2D eigenvalue weighted by Crippen LogP contribution is 2.41. The van der Waals surface area contributed by atoms with Crippen LogP contribution in [0.5, 0.6) is 5.75 Å². The predicted molar refractivity (Wildman–Crippen MR) is 122 cm³/mol. The predicted octanol–water partition coefficient (Wildman–Crippen LogP) is 6.32. The molecule has 4 nitrogen and oxygen atoms in total. The van der Waals surface area contributed by atoms with E-state index < -0.39 is 0 Å². The number of carbonyl (C=O) groups is 1. The smallest absolute Gasteiger partial charge is 0.227 e. The van der Waals surface area contributed by atoms with E-state index in [0.29, 0.717) is 18.4 Å². The number of pyridine rings is 1. The van der Waals surface area contributed by atoms with E-state index in [-0.39, 0.29) is 17.6 Å². The number of nitrogens with zero attached hydrogens (tertiary/aromatic N) is 1. The van der Waals surface area contributed by atoms with Crippen molar-refractivity contribution in [1.29, 1.82) is 0 Å². The van der Waals surface area contributed by atoms with Gasteiger partial charge in [-0.2, -0.15) is 0 Å². The number of rotatable bonds is 6. The normalized spacial score (nSPS) is 19.7. The number of nitrogens with one attached hydrogen (secondary N) is 1. The summed E-state index contributed by atoms with van der Waals surface area (Å²) in [5, 5.41) is 3.95. The number of anilines is 1. The first-order valence-corrected chi connectivity index (χ1v) is 11.1. The molecular weight excluding hydrogens is 391 g/mol. The average Bonchev–Trinajstić information content (AvgIpc) is 2.80. The molecule has 1 unspecified atom stereocenters. The fourth-order valence-corrected chi connectivity index (χ4v) is 4.70. The lowest BCUT2D eigenvalue weighted by molar-refractivity contribution is -0.121. The Morgan fingerprint density at radius 2 is 1.87 bits per heavy atom. The molecule has 31 heavy (non-hydrogen) atoms. The van der Waals surface area contributed by atoms with Crippen molar-refractivity contribution in [3.05, 3.63) is 66.1 Å². The number of fused-ring (bicyclic) bond motifs is 1. The molecule has 0 saturated heterocycles. The minimum Gasteiger partial charge on any atom is -0.494 e.